The molecular formula is C24H27F3N8O. The number of rotatable bonds is 5. The summed E-state index contributed by atoms with van der Waals surface area (Å²) in [6.45, 7) is 3.95. The number of hydrogen-bond donors (Lipinski definition) is 1. The summed E-state index contributed by atoms with van der Waals surface area (Å²) in [6, 6.07) is 3.89. The van der Waals surface area contributed by atoms with Crippen LogP contribution in [0, 0.1) is 0 Å². The highest BCUT2D eigenvalue weighted by atomic mass is 19.4. The Morgan fingerprint density at radius 1 is 1.11 bits per heavy atom. The summed E-state index contributed by atoms with van der Waals surface area (Å²) >= 11 is 0. The third-order valence-corrected chi connectivity index (χ3v) is 6.71. The summed E-state index contributed by atoms with van der Waals surface area (Å²) in [5.41, 5.74) is 0.345. The van der Waals surface area contributed by atoms with Crippen molar-refractivity contribution in [1.82, 2.24) is 29.4 Å². The van der Waals surface area contributed by atoms with E-state index in [0.29, 0.717) is 37.0 Å². The highest BCUT2D eigenvalue weighted by Gasteiger charge is 2.33. The van der Waals surface area contributed by atoms with Crippen LogP contribution < -0.4 is 10.2 Å². The van der Waals surface area contributed by atoms with E-state index in [9.17, 15) is 18.0 Å². The number of alkyl halides is 3. The van der Waals surface area contributed by atoms with E-state index in [4.69, 9.17) is 4.98 Å². The van der Waals surface area contributed by atoms with E-state index in [0.717, 1.165) is 43.4 Å². The number of anilines is 3. The van der Waals surface area contributed by atoms with Gasteiger partial charge in [0.05, 0.1) is 17.6 Å². The maximum absolute atomic E-state index is 13.2. The molecule has 0 bridgehead atoms. The molecular weight excluding hydrogens is 473 g/mol. The summed E-state index contributed by atoms with van der Waals surface area (Å²) in [4.78, 5) is 34.4. The fourth-order valence-electron chi connectivity index (χ4n) is 4.76. The number of halogens is 3. The van der Waals surface area contributed by atoms with Crippen molar-refractivity contribution in [2.24, 2.45) is 7.05 Å². The SMILES string of the molecule is CC1CCCN1c1nc(Nc2cc(C(F)(F)F)ccn2)cc(C2CCN(C(=O)c3cn(C)cn3)C2)n1. The molecule has 0 radical (unpaired) electrons. The summed E-state index contributed by atoms with van der Waals surface area (Å²) in [7, 11) is 1.81. The molecule has 3 aromatic heterocycles. The van der Waals surface area contributed by atoms with Crippen LogP contribution in [0.2, 0.25) is 0 Å². The van der Waals surface area contributed by atoms with Crippen molar-refractivity contribution in [3.63, 3.8) is 0 Å². The van der Waals surface area contributed by atoms with Gasteiger partial charge in [0, 0.05) is 57.1 Å². The van der Waals surface area contributed by atoms with Gasteiger partial charge in [-0.15, -0.1) is 0 Å². The molecule has 5 heterocycles. The maximum atomic E-state index is 13.2. The maximum Gasteiger partial charge on any atom is 0.416 e. The number of pyridine rings is 1. The predicted octanol–water partition coefficient (Wildman–Crippen LogP) is 3.99. The number of hydrogen-bond acceptors (Lipinski definition) is 7. The van der Waals surface area contributed by atoms with Gasteiger partial charge < -0.3 is 19.7 Å². The Hall–Kier alpha value is -3.70. The van der Waals surface area contributed by atoms with Crippen LogP contribution in [0.5, 0.6) is 0 Å². The third kappa shape index (κ3) is 4.98. The molecule has 0 aromatic carbocycles. The molecule has 36 heavy (non-hydrogen) atoms. The molecule has 2 aliphatic heterocycles. The van der Waals surface area contributed by atoms with E-state index in [1.165, 1.54) is 0 Å². The van der Waals surface area contributed by atoms with Gasteiger partial charge in [-0.1, -0.05) is 0 Å². The average molecular weight is 501 g/mol. The second-order valence-corrected chi connectivity index (χ2v) is 9.38. The standard InChI is InChI=1S/C24H27F3N8O/c1-15-4-3-8-35(15)23-30-18(16-6-9-34(12-16)22(36)19-13-33(2)14-29-19)11-21(32-23)31-20-10-17(5-7-28-20)24(25,26)27/h5,7,10-11,13-16H,3-4,6,8-9,12H2,1-2H3,(H,28,30,31,32). The largest absolute Gasteiger partial charge is 0.416 e. The van der Waals surface area contributed by atoms with Gasteiger partial charge in [-0.05, 0) is 38.3 Å². The highest BCUT2D eigenvalue weighted by Crippen LogP contribution is 2.33. The van der Waals surface area contributed by atoms with Gasteiger partial charge in [-0.2, -0.15) is 18.2 Å². The number of carbonyl (C=O) groups excluding carboxylic acids is 1. The van der Waals surface area contributed by atoms with E-state index < -0.39 is 11.7 Å². The van der Waals surface area contributed by atoms with Gasteiger partial charge in [0.25, 0.3) is 5.91 Å². The normalized spacial score (nSPS) is 20.2. The minimum atomic E-state index is -4.47. The molecule has 0 saturated carbocycles. The zero-order valence-corrected chi connectivity index (χ0v) is 20.0. The molecule has 0 aliphatic carbocycles. The molecule has 1 N–H and O–H groups in total. The molecule has 2 unspecified atom stereocenters. The van der Waals surface area contributed by atoms with Gasteiger partial charge >= 0.3 is 6.18 Å². The lowest BCUT2D eigenvalue weighted by atomic mass is 10.0. The first-order valence-electron chi connectivity index (χ1n) is 11.9. The van der Waals surface area contributed by atoms with Crippen LogP contribution in [-0.4, -0.2) is 61.0 Å². The minimum absolute atomic E-state index is 0.0349. The summed E-state index contributed by atoms with van der Waals surface area (Å²) in [5, 5.41) is 2.94. The van der Waals surface area contributed by atoms with Crippen LogP contribution in [0.3, 0.4) is 0 Å². The van der Waals surface area contributed by atoms with E-state index in [2.05, 4.69) is 32.1 Å². The van der Waals surface area contributed by atoms with Crippen LogP contribution in [0.4, 0.5) is 30.8 Å². The fourth-order valence-corrected chi connectivity index (χ4v) is 4.76. The number of carbonyl (C=O) groups is 1. The van der Waals surface area contributed by atoms with Gasteiger partial charge in [0.2, 0.25) is 5.95 Å². The molecule has 0 spiro atoms. The van der Waals surface area contributed by atoms with Crippen molar-refractivity contribution in [3.05, 3.63) is 53.9 Å². The smallest absolute Gasteiger partial charge is 0.340 e. The number of amides is 1. The first kappa shape index (κ1) is 24.0. The Labute approximate surface area is 206 Å². The van der Waals surface area contributed by atoms with E-state index >= 15 is 0 Å². The summed E-state index contributed by atoms with van der Waals surface area (Å²) < 4.78 is 41.3. The molecule has 2 saturated heterocycles. The monoisotopic (exact) mass is 500 g/mol. The molecule has 2 aliphatic rings. The molecule has 9 nitrogen and oxygen atoms in total. The summed E-state index contributed by atoms with van der Waals surface area (Å²) in [6.07, 6.45) is 2.68. The summed E-state index contributed by atoms with van der Waals surface area (Å²) in [5.74, 6) is 0.782. The van der Waals surface area contributed by atoms with Gasteiger partial charge in [-0.3, -0.25) is 4.79 Å². The Kier molecular flexibility index (Phi) is 6.27. The first-order chi connectivity index (χ1) is 17.2. The van der Waals surface area contributed by atoms with Crippen molar-refractivity contribution < 1.29 is 18.0 Å². The Bertz CT molecular complexity index is 1260. The number of nitrogens with one attached hydrogen (secondary N) is 1. The number of nitrogens with zero attached hydrogens (tertiary/aromatic N) is 7. The number of likely N-dealkylation sites (tertiary alicyclic amines) is 1. The highest BCUT2D eigenvalue weighted by molar-refractivity contribution is 5.92. The van der Waals surface area contributed by atoms with Gasteiger partial charge in [-0.25, -0.2) is 15.0 Å². The third-order valence-electron chi connectivity index (χ3n) is 6.71. The topological polar surface area (TPSA) is 92.1 Å². The number of imidazole rings is 1. The van der Waals surface area contributed by atoms with Crippen molar-refractivity contribution >= 4 is 23.5 Å². The zero-order valence-electron chi connectivity index (χ0n) is 20.0. The Balaban J connectivity index is 1.42. The molecule has 1 amide bonds. The minimum Gasteiger partial charge on any atom is -0.340 e. The number of aromatic nitrogens is 5. The molecule has 2 fully saturated rings. The van der Waals surface area contributed by atoms with Crippen LogP contribution in [0.15, 0.2) is 36.9 Å². The van der Waals surface area contributed by atoms with Crippen LogP contribution in [-0.2, 0) is 13.2 Å². The second-order valence-electron chi connectivity index (χ2n) is 9.38. The van der Waals surface area contributed by atoms with Crippen molar-refractivity contribution in [2.75, 3.05) is 29.9 Å². The van der Waals surface area contributed by atoms with E-state index in [-0.39, 0.29) is 23.7 Å². The lowest BCUT2D eigenvalue weighted by Crippen LogP contribution is -2.30. The molecule has 190 valence electrons. The Morgan fingerprint density at radius 2 is 1.94 bits per heavy atom. The van der Waals surface area contributed by atoms with Gasteiger partial charge in [0.15, 0.2) is 0 Å². The second kappa shape index (κ2) is 9.40. The molecule has 3 aromatic rings. The van der Waals surface area contributed by atoms with Crippen molar-refractivity contribution in [3.8, 4) is 0 Å². The van der Waals surface area contributed by atoms with E-state index in [1.807, 2.05) is 7.05 Å². The van der Waals surface area contributed by atoms with Crippen molar-refractivity contribution in [1.29, 1.82) is 0 Å². The van der Waals surface area contributed by atoms with E-state index in [1.54, 1.807) is 28.1 Å². The van der Waals surface area contributed by atoms with Crippen LogP contribution >= 0.6 is 0 Å². The predicted molar refractivity (Wildman–Crippen MR) is 127 cm³/mol. The first-order valence-corrected chi connectivity index (χ1v) is 11.9. The molecule has 2 atom stereocenters. The van der Waals surface area contributed by atoms with Crippen LogP contribution in [0.1, 0.15) is 53.8 Å². The van der Waals surface area contributed by atoms with Gasteiger partial charge in [0.1, 0.15) is 17.3 Å². The zero-order chi connectivity index (χ0) is 25.4. The average Bonchev–Trinajstić information content (AvgIpc) is 3.59. The lowest BCUT2D eigenvalue weighted by Gasteiger charge is -2.23. The van der Waals surface area contributed by atoms with Crippen molar-refractivity contribution in [2.45, 2.75) is 44.3 Å². The number of aryl methyl sites for hydroxylation is 1. The van der Waals surface area contributed by atoms with Crippen LogP contribution in [0.25, 0.3) is 0 Å². The Morgan fingerprint density at radius 3 is 2.64 bits per heavy atom. The lowest BCUT2D eigenvalue weighted by molar-refractivity contribution is -0.137. The molecule has 12 heteroatoms. The quantitative estimate of drug-likeness (QED) is 0.567. The molecule has 5 rings (SSSR count). The fraction of sp³-hybridized carbons (Fsp3) is 0.458.